The van der Waals surface area contributed by atoms with Crippen molar-refractivity contribution in [1.29, 1.82) is 0 Å². The van der Waals surface area contributed by atoms with Crippen LogP contribution in [0.25, 0.3) is 0 Å². The highest BCUT2D eigenvalue weighted by Crippen LogP contribution is 2.48. The quantitative estimate of drug-likeness (QED) is 0.0183. The van der Waals surface area contributed by atoms with Gasteiger partial charge in [-0.05, 0) is 121 Å². The van der Waals surface area contributed by atoms with Gasteiger partial charge in [-0.1, -0.05) is 7.43 Å². The van der Waals surface area contributed by atoms with E-state index in [2.05, 4.69) is 0 Å². The average Bonchev–Trinajstić information content (AvgIpc) is 0.763. The molecule has 0 radical (unpaired) electrons. The molecule has 46 nitrogen and oxygen atoms in total. The van der Waals surface area contributed by atoms with Gasteiger partial charge in [0.1, 0.15) is 12.7 Å². The Balaban J connectivity index is 0.0000158. The third-order valence-corrected chi connectivity index (χ3v) is 16.9. The third kappa shape index (κ3) is 18.3. The van der Waals surface area contributed by atoms with Crippen molar-refractivity contribution >= 4 is 59.7 Å². The molecule has 0 aliphatic carbocycles. The van der Waals surface area contributed by atoms with Crippen LogP contribution in [0.2, 0.25) is 0 Å². The van der Waals surface area contributed by atoms with Crippen molar-refractivity contribution in [1.82, 2.24) is 0 Å². The number of aromatic hydroxyl groups is 25. The Morgan fingerprint density at radius 2 is 0.382 bits per heavy atom. The zero-order valence-electron chi connectivity index (χ0n) is 59.9. The number of benzene rings is 10. The topological polar surface area (TPSA) is 778 Å². The number of phenolic OH excluding ortho intramolecular Hbond substituents is 25. The van der Waals surface area contributed by atoms with Crippen LogP contribution < -0.4 is 23.7 Å². The van der Waals surface area contributed by atoms with Crippen LogP contribution in [0.15, 0.2) is 121 Å². The minimum atomic E-state index is -3.12. The maximum Gasteiger partial charge on any atom is 0.343 e. The molecule has 0 unspecified atom stereocenters. The summed E-state index contributed by atoms with van der Waals surface area (Å²) in [5.74, 6) is -56.0. The second-order valence-corrected chi connectivity index (χ2v) is 25.1. The summed E-state index contributed by atoms with van der Waals surface area (Å²) in [6.07, 6.45) is -15.1. The van der Waals surface area contributed by atoms with E-state index >= 15 is 14.4 Å². The zero-order chi connectivity index (χ0) is 89.4. The van der Waals surface area contributed by atoms with E-state index in [9.17, 15) is 161 Å². The Morgan fingerprint density at radius 1 is 0.211 bits per heavy atom. The van der Waals surface area contributed by atoms with Crippen LogP contribution in [-0.4, -0.2) is 225 Å². The fourth-order valence-electron chi connectivity index (χ4n) is 10.8. The highest BCUT2D eigenvalue weighted by atomic mass is 16.8. The summed E-state index contributed by atoms with van der Waals surface area (Å²) in [5, 5.41) is 261. The molecule has 10 aromatic carbocycles. The van der Waals surface area contributed by atoms with E-state index in [-0.39, 0.29) is 7.43 Å². The fraction of sp³-hybridized carbons (Fsp3) is 0.0909. The lowest BCUT2D eigenvalue weighted by Gasteiger charge is -2.43. The van der Waals surface area contributed by atoms with Gasteiger partial charge in [0, 0.05) is 0 Å². The number of phenols is 25. The molecule has 1 heterocycles. The zero-order valence-corrected chi connectivity index (χ0v) is 59.9. The smallest absolute Gasteiger partial charge is 0.343 e. The standard InChI is InChI=1S/C76H52O46.CH4/c77-32-1-22(2-33(78)53(32)92)67(103)113-47-16-27(11-42(87)58(47)97)66(102)112-21-52-63(119-72(108)28-12-43(88)59(98)48(17-28)114-68(104)23-3-34(79)54(93)35(80)4-23)64(120-73(109)29-13-44(89)60(99)49(18-29)115-69(105)24-5-36(81)55(94)37(82)6-24)65(121-74(110)30-14-45(90)61(100)50(19-30)116-70(106)25-7-38(83)56(95)39(84)8-25)76(118-52)122-75(111)31-15-46(91)62(101)51(20-31)117-71(107)26-9-40(85)57(96)41(86)10-26;/h1-20,52,63-65,76-101H,21H2;1H4/t52-,63-,64+,65-,76+;/m1./s1. The maximum atomic E-state index is 15.3. The van der Waals surface area contributed by atoms with Crippen molar-refractivity contribution in [2.24, 2.45) is 0 Å². The Hall–Kier alpha value is -18.1. The van der Waals surface area contributed by atoms with Gasteiger partial charge in [-0.15, -0.1) is 0 Å². The van der Waals surface area contributed by atoms with Gasteiger partial charge in [0.05, 0.1) is 55.6 Å². The lowest BCUT2D eigenvalue weighted by molar-refractivity contribution is -0.282. The first-order valence-corrected chi connectivity index (χ1v) is 33.2. The first-order valence-electron chi connectivity index (χ1n) is 33.2. The number of hydrogen-bond acceptors (Lipinski definition) is 46. The van der Waals surface area contributed by atoms with E-state index in [0.717, 1.165) is 0 Å². The molecule has 25 N–H and O–H groups in total. The van der Waals surface area contributed by atoms with Crippen LogP contribution in [0, 0.1) is 0 Å². The van der Waals surface area contributed by atoms with Gasteiger partial charge >= 0.3 is 59.7 Å². The van der Waals surface area contributed by atoms with E-state index in [1.807, 2.05) is 0 Å². The molecule has 11 rings (SSSR count). The minimum Gasteiger partial charge on any atom is -0.504 e. The molecule has 0 saturated carbocycles. The van der Waals surface area contributed by atoms with Gasteiger partial charge in [0.2, 0.25) is 41.1 Å². The maximum absolute atomic E-state index is 15.3. The van der Waals surface area contributed by atoms with Gasteiger partial charge in [-0.3, -0.25) is 0 Å². The van der Waals surface area contributed by atoms with Crippen LogP contribution in [-0.2, 0) is 28.4 Å². The first-order chi connectivity index (χ1) is 57.4. The molecular formula is C77H56O46. The lowest BCUT2D eigenvalue weighted by Crippen LogP contribution is -2.63. The molecule has 1 aliphatic heterocycles. The largest absolute Gasteiger partial charge is 0.504 e. The molecule has 10 aromatic rings. The van der Waals surface area contributed by atoms with E-state index in [4.69, 9.17) is 52.1 Å². The molecule has 1 aliphatic rings. The normalized spacial score (nSPS) is 14.5. The molecule has 123 heavy (non-hydrogen) atoms. The Labute approximate surface area is 679 Å². The van der Waals surface area contributed by atoms with E-state index in [0.29, 0.717) is 121 Å². The molecule has 1 fully saturated rings. The molecular weight excluding hydrogens is 1660 g/mol. The average molecular weight is 1720 g/mol. The first kappa shape index (κ1) is 87.2. The van der Waals surface area contributed by atoms with Crippen LogP contribution >= 0.6 is 0 Å². The summed E-state index contributed by atoms with van der Waals surface area (Å²) >= 11 is 0. The lowest BCUT2D eigenvalue weighted by atomic mass is 9.97. The van der Waals surface area contributed by atoms with Crippen molar-refractivity contribution < 1.29 is 228 Å². The second-order valence-electron chi connectivity index (χ2n) is 25.1. The van der Waals surface area contributed by atoms with Crippen molar-refractivity contribution in [3.63, 3.8) is 0 Å². The Bertz CT molecular complexity index is 5970. The predicted octanol–water partition coefficient (Wildman–Crippen LogP) is 5.47. The fourth-order valence-corrected chi connectivity index (χ4v) is 10.8. The van der Waals surface area contributed by atoms with Gasteiger partial charge in [0.25, 0.3) is 0 Å². The van der Waals surface area contributed by atoms with Crippen LogP contribution in [0.3, 0.4) is 0 Å². The number of rotatable bonds is 21. The van der Waals surface area contributed by atoms with E-state index < -0.39 is 325 Å². The Kier molecular flexibility index (Phi) is 24.4. The van der Waals surface area contributed by atoms with Crippen molar-refractivity contribution in [2.75, 3.05) is 6.61 Å². The molecule has 46 heteroatoms. The summed E-state index contributed by atoms with van der Waals surface area (Å²) in [7, 11) is 0. The van der Waals surface area contributed by atoms with Gasteiger partial charge in [-0.2, -0.15) is 0 Å². The monoisotopic (exact) mass is 1720 g/mol. The summed E-state index contributed by atoms with van der Waals surface area (Å²) in [5.41, 5.74) is -9.89. The number of esters is 10. The molecule has 0 amide bonds. The number of carbonyl (C=O) groups excluding carboxylic acids is 10. The number of ether oxygens (including phenoxy) is 11. The van der Waals surface area contributed by atoms with E-state index in [1.165, 1.54) is 0 Å². The Morgan fingerprint density at radius 3 is 0.602 bits per heavy atom. The highest BCUT2D eigenvalue weighted by Gasteiger charge is 2.55. The molecule has 1 saturated heterocycles. The summed E-state index contributed by atoms with van der Waals surface area (Å²) < 4.78 is 60.4. The van der Waals surface area contributed by atoms with Gasteiger partial charge in [0.15, 0.2) is 156 Å². The summed E-state index contributed by atoms with van der Waals surface area (Å²) in [4.78, 5) is 142. The number of carbonyl (C=O) groups is 10. The molecule has 0 spiro atoms. The molecule has 5 atom stereocenters. The van der Waals surface area contributed by atoms with Crippen LogP contribution in [0.1, 0.15) is 111 Å². The van der Waals surface area contributed by atoms with Gasteiger partial charge < -0.3 is 180 Å². The molecule has 0 aromatic heterocycles. The SMILES string of the molecule is C.O=C(OC[C@H]1O[C@@H](OC(=O)c2cc(O)c(O)c(OC(=O)c3cc(O)c(O)c(O)c3)c2)[C@H](OC(=O)c2cc(O)c(O)c(OC(=O)c3cc(O)c(O)c(O)c3)c2)[C@@H](OC(=O)c2cc(O)c(O)c(OC(=O)c3cc(O)c(O)c(O)c3)c2)[C@@H]1OC(=O)c1cc(O)c(O)c(OC(=O)c2cc(O)c(O)c(O)c2)c1)c1cc(O)c(O)c(OC(=O)c2cc(O)c(O)c(O)c2)c1. The van der Waals surface area contributed by atoms with Crippen molar-refractivity contribution in [3.8, 4) is 172 Å². The minimum absolute atomic E-state index is 0. The summed E-state index contributed by atoms with van der Waals surface area (Å²) in [6.45, 7) is -1.71. The molecule has 640 valence electrons. The van der Waals surface area contributed by atoms with Crippen molar-refractivity contribution in [3.05, 3.63) is 177 Å². The molecule has 0 bridgehead atoms. The third-order valence-electron chi connectivity index (χ3n) is 16.9. The second kappa shape index (κ2) is 34.3. The number of hydrogen-bond donors (Lipinski definition) is 25. The van der Waals surface area contributed by atoms with Crippen LogP contribution in [0.4, 0.5) is 0 Å². The van der Waals surface area contributed by atoms with E-state index in [1.54, 1.807) is 0 Å². The highest BCUT2D eigenvalue weighted by molar-refractivity contribution is 6.00. The van der Waals surface area contributed by atoms with Crippen LogP contribution in [0.5, 0.6) is 172 Å². The predicted molar refractivity (Wildman–Crippen MR) is 390 cm³/mol. The van der Waals surface area contributed by atoms with Crippen molar-refractivity contribution in [2.45, 2.75) is 38.1 Å². The van der Waals surface area contributed by atoms with Gasteiger partial charge in [-0.25, -0.2) is 47.9 Å². The summed E-state index contributed by atoms with van der Waals surface area (Å²) in [6, 6.07) is 8.56.